The number of benzene rings is 1. The van der Waals surface area contributed by atoms with E-state index in [0.29, 0.717) is 11.3 Å². The Morgan fingerprint density at radius 1 is 1.21 bits per heavy atom. The van der Waals surface area contributed by atoms with Gasteiger partial charge in [-0.05, 0) is 25.1 Å². The molecule has 19 heavy (non-hydrogen) atoms. The fourth-order valence-electron chi connectivity index (χ4n) is 1.77. The second-order valence-electron chi connectivity index (χ2n) is 4.10. The number of nitrogens with zero attached hydrogens (tertiary/aromatic N) is 1. The van der Waals surface area contributed by atoms with Gasteiger partial charge in [0.2, 0.25) is 0 Å². The van der Waals surface area contributed by atoms with Crippen molar-refractivity contribution in [3.63, 3.8) is 0 Å². The van der Waals surface area contributed by atoms with Crippen LogP contribution in [0.4, 0.5) is 5.69 Å². The van der Waals surface area contributed by atoms with E-state index in [9.17, 15) is 14.9 Å². The number of nitro groups is 1. The minimum absolute atomic E-state index is 0.0359. The first-order chi connectivity index (χ1) is 9.06. The Labute approximate surface area is 109 Å². The zero-order valence-corrected chi connectivity index (χ0v) is 10.3. The first-order valence-electron chi connectivity index (χ1n) is 5.69. The largest absolute Gasteiger partial charge is 0.359 e. The highest BCUT2D eigenvalue weighted by atomic mass is 16.6. The smallest absolute Gasteiger partial charge is 0.276 e. The summed E-state index contributed by atoms with van der Waals surface area (Å²) in [7, 11) is 0. The SMILES string of the molecule is Cc1cc(=O)cc(C=Cc2ccccc2[N+](=O)[O-])[nH]1. The van der Waals surface area contributed by atoms with E-state index in [0.717, 1.165) is 5.69 Å². The van der Waals surface area contributed by atoms with Gasteiger partial charge in [0, 0.05) is 29.6 Å². The first-order valence-corrected chi connectivity index (χ1v) is 5.69. The van der Waals surface area contributed by atoms with Gasteiger partial charge in [-0.2, -0.15) is 0 Å². The predicted octanol–water partition coefficient (Wildman–Crippen LogP) is 2.76. The molecule has 0 aliphatic heterocycles. The summed E-state index contributed by atoms with van der Waals surface area (Å²) in [5.41, 5.74) is 1.79. The number of hydrogen-bond acceptors (Lipinski definition) is 3. The fraction of sp³-hybridized carbons (Fsp3) is 0.0714. The number of para-hydroxylation sites is 1. The van der Waals surface area contributed by atoms with E-state index in [1.54, 1.807) is 37.3 Å². The number of aromatic amines is 1. The Kier molecular flexibility index (Phi) is 3.56. The molecule has 5 heteroatoms. The molecule has 0 aliphatic carbocycles. The van der Waals surface area contributed by atoms with Gasteiger partial charge >= 0.3 is 0 Å². The molecule has 0 aliphatic rings. The van der Waals surface area contributed by atoms with E-state index in [1.807, 2.05) is 0 Å². The molecule has 0 radical (unpaired) electrons. The summed E-state index contributed by atoms with van der Waals surface area (Å²) in [5, 5.41) is 10.9. The van der Waals surface area contributed by atoms with Gasteiger partial charge in [-0.15, -0.1) is 0 Å². The van der Waals surface area contributed by atoms with Crippen LogP contribution < -0.4 is 5.43 Å². The Balaban J connectivity index is 2.38. The van der Waals surface area contributed by atoms with Crippen molar-refractivity contribution in [2.24, 2.45) is 0 Å². The average Bonchev–Trinajstić information content (AvgIpc) is 2.35. The standard InChI is InChI=1S/C14H12N2O3/c1-10-8-13(17)9-12(15-10)7-6-11-4-2-3-5-14(11)16(18)19/h2-9H,1H3,(H,15,17). The summed E-state index contributed by atoms with van der Waals surface area (Å²) in [6.07, 6.45) is 3.26. The van der Waals surface area contributed by atoms with Crippen LogP contribution in [0.15, 0.2) is 41.2 Å². The quantitative estimate of drug-likeness (QED) is 0.677. The number of aromatic nitrogens is 1. The van der Waals surface area contributed by atoms with Crippen LogP contribution in [0.5, 0.6) is 0 Å². The van der Waals surface area contributed by atoms with Crippen molar-refractivity contribution in [3.05, 3.63) is 73.7 Å². The molecule has 0 bridgehead atoms. The highest BCUT2D eigenvalue weighted by Gasteiger charge is 2.08. The molecule has 1 aromatic carbocycles. The first kappa shape index (κ1) is 12.8. The van der Waals surface area contributed by atoms with Crippen molar-refractivity contribution in [1.82, 2.24) is 4.98 Å². The van der Waals surface area contributed by atoms with Crippen molar-refractivity contribution in [1.29, 1.82) is 0 Å². The summed E-state index contributed by atoms with van der Waals surface area (Å²) in [5.74, 6) is 0. The molecule has 5 nitrogen and oxygen atoms in total. The number of H-pyrrole nitrogens is 1. The van der Waals surface area contributed by atoms with Crippen molar-refractivity contribution in [3.8, 4) is 0 Å². The van der Waals surface area contributed by atoms with E-state index >= 15 is 0 Å². The Morgan fingerprint density at radius 2 is 1.95 bits per heavy atom. The maximum Gasteiger partial charge on any atom is 0.276 e. The van der Waals surface area contributed by atoms with Crippen LogP contribution in [0.2, 0.25) is 0 Å². The average molecular weight is 256 g/mol. The third-order valence-corrected chi connectivity index (χ3v) is 2.57. The number of nitrogens with one attached hydrogen (secondary N) is 1. The van der Waals surface area contributed by atoms with Crippen LogP contribution in [0, 0.1) is 17.0 Å². The molecule has 2 aromatic rings. The molecule has 0 fully saturated rings. The molecule has 0 saturated carbocycles. The van der Waals surface area contributed by atoms with Gasteiger partial charge in [0.05, 0.1) is 10.5 Å². The van der Waals surface area contributed by atoms with Crippen molar-refractivity contribution >= 4 is 17.8 Å². The summed E-state index contributed by atoms with van der Waals surface area (Å²) >= 11 is 0. The molecule has 0 amide bonds. The molecule has 96 valence electrons. The highest BCUT2D eigenvalue weighted by molar-refractivity contribution is 5.72. The Hall–Kier alpha value is -2.69. The normalized spacial score (nSPS) is 10.8. The predicted molar refractivity (Wildman–Crippen MR) is 73.8 cm³/mol. The van der Waals surface area contributed by atoms with E-state index in [4.69, 9.17) is 0 Å². The number of nitro benzene ring substituents is 1. The second kappa shape index (κ2) is 5.30. The number of aryl methyl sites for hydroxylation is 1. The van der Waals surface area contributed by atoms with Gasteiger partial charge in [0.15, 0.2) is 5.43 Å². The van der Waals surface area contributed by atoms with Crippen LogP contribution in [-0.4, -0.2) is 9.91 Å². The fourth-order valence-corrected chi connectivity index (χ4v) is 1.77. The van der Waals surface area contributed by atoms with Crippen LogP contribution >= 0.6 is 0 Å². The van der Waals surface area contributed by atoms with E-state index < -0.39 is 4.92 Å². The molecule has 1 N–H and O–H groups in total. The van der Waals surface area contributed by atoms with Crippen molar-refractivity contribution in [2.45, 2.75) is 6.92 Å². The molecule has 0 spiro atoms. The van der Waals surface area contributed by atoms with Crippen LogP contribution in [0.1, 0.15) is 17.0 Å². The lowest BCUT2D eigenvalue weighted by atomic mass is 10.1. The lowest BCUT2D eigenvalue weighted by Gasteiger charge is -1.98. The molecule has 0 unspecified atom stereocenters. The van der Waals surface area contributed by atoms with Gasteiger partial charge in [-0.1, -0.05) is 12.1 Å². The Bertz CT molecular complexity index is 702. The number of hydrogen-bond donors (Lipinski definition) is 1. The van der Waals surface area contributed by atoms with E-state index in [1.165, 1.54) is 18.2 Å². The minimum atomic E-state index is -0.432. The summed E-state index contributed by atoms with van der Waals surface area (Å²) in [6.45, 7) is 1.78. The summed E-state index contributed by atoms with van der Waals surface area (Å²) in [4.78, 5) is 24.8. The number of pyridine rings is 1. The molecule has 0 atom stereocenters. The molecule has 2 rings (SSSR count). The molecule has 1 aromatic heterocycles. The monoisotopic (exact) mass is 256 g/mol. The van der Waals surface area contributed by atoms with Crippen LogP contribution in [0.25, 0.3) is 12.2 Å². The number of rotatable bonds is 3. The second-order valence-corrected chi connectivity index (χ2v) is 4.10. The van der Waals surface area contributed by atoms with Crippen LogP contribution in [-0.2, 0) is 0 Å². The van der Waals surface area contributed by atoms with Gasteiger partial charge in [-0.3, -0.25) is 14.9 Å². The van der Waals surface area contributed by atoms with Crippen LogP contribution in [0.3, 0.4) is 0 Å². The maximum absolute atomic E-state index is 11.3. The maximum atomic E-state index is 11.3. The summed E-state index contributed by atoms with van der Waals surface area (Å²) < 4.78 is 0. The molecular formula is C14H12N2O3. The van der Waals surface area contributed by atoms with Gasteiger partial charge in [0.1, 0.15) is 0 Å². The zero-order valence-electron chi connectivity index (χ0n) is 10.3. The van der Waals surface area contributed by atoms with Gasteiger partial charge in [0.25, 0.3) is 5.69 Å². The lowest BCUT2D eigenvalue weighted by molar-refractivity contribution is -0.385. The zero-order chi connectivity index (χ0) is 13.8. The van der Waals surface area contributed by atoms with Crippen molar-refractivity contribution < 1.29 is 4.92 Å². The molecular weight excluding hydrogens is 244 g/mol. The van der Waals surface area contributed by atoms with Crippen molar-refractivity contribution in [2.75, 3.05) is 0 Å². The summed E-state index contributed by atoms with van der Waals surface area (Å²) in [6, 6.07) is 9.37. The van der Waals surface area contributed by atoms with Gasteiger partial charge in [-0.25, -0.2) is 0 Å². The van der Waals surface area contributed by atoms with Gasteiger partial charge < -0.3 is 4.98 Å². The van der Waals surface area contributed by atoms with E-state index in [-0.39, 0.29) is 11.1 Å². The molecule has 1 heterocycles. The van der Waals surface area contributed by atoms with E-state index in [2.05, 4.69) is 4.98 Å². The third kappa shape index (κ3) is 3.16. The molecule has 0 saturated heterocycles. The minimum Gasteiger partial charge on any atom is -0.359 e. The lowest BCUT2D eigenvalue weighted by Crippen LogP contribution is -2.01. The highest BCUT2D eigenvalue weighted by Crippen LogP contribution is 2.19. The Morgan fingerprint density at radius 3 is 2.63 bits per heavy atom. The third-order valence-electron chi connectivity index (χ3n) is 2.57. The topological polar surface area (TPSA) is 76.0 Å².